The molecule has 1 aromatic carbocycles. The van der Waals surface area contributed by atoms with Gasteiger partial charge in [-0.3, -0.25) is 9.67 Å². The van der Waals surface area contributed by atoms with Crippen LogP contribution in [0.2, 0.25) is 0 Å². The Labute approximate surface area is 197 Å². The quantitative estimate of drug-likeness (QED) is 0.219. The van der Waals surface area contributed by atoms with Gasteiger partial charge in [0.05, 0.1) is 12.3 Å². The van der Waals surface area contributed by atoms with E-state index in [1.165, 1.54) is 5.56 Å². The van der Waals surface area contributed by atoms with E-state index in [1.54, 1.807) is 24.9 Å². The summed E-state index contributed by atoms with van der Waals surface area (Å²) in [4.78, 5) is 16.3. The number of carbonyl (C=O) groups is 1. The van der Waals surface area contributed by atoms with E-state index in [1.807, 2.05) is 46.0 Å². The van der Waals surface area contributed by atoms with Crippen LogP contribution >= 0.6 is 0 Å². The van der Waals surface area contributed by atoms with E-state index in [0.717, 1.165) is 22.5 Å². The summed E-state index contributed by atoms with van der Waals surface area (Å²) in [6.07, 6.45) is 0.0917. The van der Waals surface area contributed by atoms with Crippen LogP contribution in [0.5, 0.6) is 0 Å². The van der Waals surface area contributed by atoms with Crippen molar-refractivity contribution in [1.29, 1.82) is 0 Å². The number of hydrogen-bond donors (Lipinski definition) is 0. The van der Waals surface area contributed by atoms with Gasteiger partial charge >= 0.3 is 6.16 Å². The Kier molecular flexibility index (Phi) is 8.85. The number of aryl methyl sites for hydroxylation is 2. The molecule has 180 valence electrons. The SMILES string of the molecule is C/N=C\C(=C(\OC(C)OC(=O)OCC(C)C)c1cc(C)nn1C)c1ccc(C(C)(C)C)cc1. The molecule has 0 aliphatic carbocycles. The van der Waals surface area contributed by atoms with Crippen molar-refractivity contribution >= 4 is 23.7 Å². The molecule has 0 saturated heterocycles. The van der Waals surface area contributed by atoms with Gasteiger partial charge in [-0.1, -0.05) is 58.9 Å². The summed E-state index contributed by atoms with van der Waals surface area (Å²) in [6.45, 7) is 14.3. The zero-order chi connectivity index (χ0) is 24.8. The first-order valence-corrected chi connectivity index (χ1v) is 11.2. The number of benzene rings is 1. The molecular weight excluding hydrogens is 418 g/mol. The monoisotopic (exact) mass is 455 g/mol. The summed E-state index contributed by atoms with van der Waals surface area (Å²) >= 11 is 0. The first-order valence-electron chi connectivity index (χ1n) is 11.2. The summed E-state index contributed by atoms with van der Waals surface area (Å²) in [5.41, 5.74) is 4.53. The van der Waals surface area contributed by atoms with Crippen LogP contribution in [0.25, 0.3) is 11.3 Å². The molecule has 2 aromatic rings. The molecule has 1 unspecified atom stereocenters. The van der Waals surface area contributed by atoms with Gasteiger partial charge < -0.3 is 14.2 Å². The molecule has 0 amide bonds. The third-order valence-electron chi connectivity index (χ3n) is 4.88. The molecule has 0 aliphatic rings. The predicted octanol–water partition coefficient (Wildman–Crippen LogP) is 5.77. The zero-order valence-corrected chi connectivity index (χ0v) is 21.3. The summed E-state index contributed by atoms with van der Waals surface area (Å²) in [6, 6.07) is 10.2. The first-order chi connectivity index (χ1) is 15.4. The number of hydrogen-bond acceptors (Lipinski definition) is 6. The van der Waals surface area contributed by atoms with Crippen LogP contribution < -0.4 is 0 Å². The largest absolute Gasteiger partial charge is 0.511 e. The fourth-order valence-corrected chi connectivity index (χ4v) is 3.22. The molecule has 1 atom stereocenters. The minimum Gasteiger partial charge on any atom is -0.452 e. The summed E-state index contributed by atoms with van der Waals surface area (Å²) in [7, 11) is 3.55. The molecule has 7 nitrogen and oxygen atoms in total. The maximum Gasteiger partial charge on any atom is 0.511 e. The Balaban J connectivity index is 2.49. The fraction of sp³-hybridized carbons (Fsp3) is 0.500. The molecule has 33 heavy (non-hydrogen) atoms. The Morgan fingerprint density at radius 1 is 1.15 bits per heavy atom. The van der Waals surface area contributed by atoms with E-state index in [9.17, 15) is 4.79 Å². The van der Waals surface area contributed by atoms with Gasteiger partial charge in [0.2, 0.25) is 6.29 Å². The summed E-state index contributed by atoms with van der Waals surface area (Å²) < 4.78 is 18.4. The maximum atomic E-state index is 12.1. The minimum absolute atomic E-state index is 0.0401. The first kappa shape index (κ1) is 26.2. The molecule has 7 heteroatoms. The maximum absolute atomic E-state index is 12.1. The highest BCUT2D eigenvalue weighted by Crippen LogP contribution is 2.30. The number of ether oxygens (including phenoxy) is 3. The fourth-order valence-electron chi connectivity index (χ4n) is 3.22. The Hall–Kier alpha value is -3.09. The predicted molar refractivity (Wildman–Crippen MR) is 132 cm³/mol. The average Bonchev–Trinajstić information content (AvgIpc) is 3.06. The van der Waals surface area contributed by atoms with Crippen molar-refractivity contribution in [3.63, 3.8) is 0 Å². The normalized spacial score (nSPS) is 13.8. The molecule has 0 fully saturated rings. The number of allylic oxidation sites excluding steroid dienone is 1. The summed E-state index contributed by atoms with van der Waals surface area (Å²) in [5, 5.41) is 4.46. The third-order valence-corrected chi connectivity index (χ3v) is 4.88. The van der Waals surface area contributed by atoms with Gasteiger partial charge in [-0.05, 0) is 35.4 Å². The van der Waals surface area contributed by atoms with Crippen molar-refractivity contribution in [3.8, 4) is 0 Å². The van der Waals surface area contributed by atoms with Crippen LogP contribution in [0.3, 0.4) is 0 Å². The number of aromatic nitrogens is 2. The van der Waals surface area contributed by atoms with Crippen molar-refractivity contribution < 1.29 is 19.0 Å². The Bertz CT molecular complexity index is 996. The van der Waals surface area contributed by atoms with Crippen molar-refractivity contribution in [2.75, 3.05) is 13.7 Å². The average molecular weight is 456 g/mol. The molecule has 0 N–H and O–H groups in total. The second-order valence-electron chi connectivity index (χ2n) is 9.51. The molecule has 0 aliphatic heterocycles. The lowest BCUT2D eigenvalue weighted by Crippen LogP contribution is -2.21. The Morgan fingerprint density at radius 3 is 2.27 bits per heavy atom. The van der Waals surface area contributed by atoms with Crippen molar-refractivity contribution in [2.45, 2.75) is 60.2 Å². The molecule has 0 spiro atoms. The van der Waals surface area contributed by atoms with Crippen LogP contribution in [-0.2, 0) is 26.7 Å². The van der Waals surface area contributed by atoms with E-state index >= 15 is 0 Å². The van der Waals surface area contributed by atoms with E-state index < -0.39 is 12.4 Å². The molecule has 2 rings (SSSR count). The number of nitrogens with zero attached hydrogens (tertiary/aromatic N) is 3. The Morgan fingerprint density at radius 2 is 1.79 bits per heavy atom. The van der Waals surface area contributed by atoms with Gasteiger partial charge in [0.15, 0.2) is 5.76 Å². The van der Waals surface area contributed by atoms with E-state index in [4.69, 9.17) is 14.2 Å². The molecule has 0 radical (unpaired) electrons. The number of rotatable bonds is 8. The lowest BCUT2D eigenvalue weighted by Gasteiger charge is -2.21. The van der Waals surface area contributed by atoms with Crippen LogP contribution in [0, 0.1) is 12.8 Å². The molecule has 0 bridgehead atoms. The van der Waals surface area contributed by atoms with Gasteiger partial charge in [0, 0.05) is 32.8 Å². The van der Waals surface area contributed by atoms with E-state index in [0.29, 0.717) is 5.76 Å². The van der Waals surface area contributed by atoms with E-state index in [2.05, 4.69) is 43.0 Å². The van der Waals surface area contributed by atoms with Gasteiger partial charge in [-0.15, -0.1) is 0 Å². The van der Waals surface area contributed by atoms with Crippen molar-refractivity contribution in [3.05, 3.63) is 52.8 Å². The molecule has 1 heterocycles. The standard InChI is InChI=1S/C26H37N3O4/c1-17(2)16-31-25(30)33-19(4)32-24(23-14-18(3)28-29(23)9)22(15-27-8)20-10-12-21(13-11-20)26(5,6)7/h10-15,17,19H,16H2,1-9H3/b24-22-,27-15-. The highest BCUT2D eigenvalue weighted by molar-refractivity contribution is 6.18. The van der Waals surface area contributed by atoms with Crippen LogP contribution in [0.15, 0.2) is 35.3 Å². The van der Waals surface area contributed by atoms with Crippen LogP contribution in [0.1, 0.15) is 64.1 Å². The van der Waals surface area contributed by atoms with Crippen LogP contribution in [-0.4, -0.2) is 42.1 Å². The molecule has 0 saturated carbocycles. The van der Waals surface area contributed by atoms with Crippen molar-refractivity contribution in [2.24, 2.45) is 18.0 Å². The lowest BCUT2D eigenvalue weighted by atomic mass is 9.86. The highest BCUT2D eigenvalue weighted by atomic mass is 16.8. The highest BCUT2D eigenvalue weighted by Gasteiger charge is 2.22. The minimum atomic E-state index is -0.885. The smallest absolute Gasteiger partial charge is 0.452 e. The van der Waals surface area contributed by atoms with Gasteiger partial charge in [-0.25, -0.2) is 4.79 Å². The lowest BCUT2D eigenvalue weighted by molar-refractivity contribution is -0.0690. The second kappa shape index (κ2) is 11.2. The second-order valence-corrected chi connectivity index (χ2v) is 9.51. The van der Waals surface area contributed by atoms with Gasteiger partial charge in [0.1, 0.15) is 5.69 Å². The van der Waals surface area contributed by atoms with Crippen LogP contribution in [0.4, 0.5) is 4.79 Å². The third kappa shape index (κ3) is 7.48. The molecule has 1 aromatic heterocycles. The number of aliphatic imine (C=N–C) groups is 1. The van der Waals surface area contributed by atoms with Gasteiger partial charge in [-0.2, -0.15) is 5.10 Å². The molecular formula is C26H37N3O4. The van der Waals surface area contributed by atoms with Gasteiger partial charge in [0.25, 0.3) is 0 Å². The topological polar surface area (TPSA) is 74.9 Å². The van der Waals surface area contributed by atoms with Crippen molar-refractivity contribution in [1.82, 2.24) is 9.78 Å². The van der Waals surface area contributed by atoms with E-state index in [-0.39, 0.29) is 17.9 Å². The zero-order valence-electron chi connectivity index (χ0n) is 21.3. The summed E-state index contributed by atoms with van der Waals surface area (Å²) in [5.74, 6) is 0.724. The number of carbonyl (C=O) groups excluding carboxylic acids is 1.